The van der Waals surface area contributed by atoms with Gasteiger partial charge in [-0.1, -0.05) is 29.8 Å². The summed E-state index contributed by atoms with van der Waals surface area (Å²) in [5.74, 6) is 0. The van der Waals surface area contributed by atoms with Gasteiger partial charge in [0.1, 0.15) is 0 Å². The maximum absolute atomic E-state index is 12.3. The van der Waals surface area contributed by atoms with Crippen molar-refractivity contribution in [1.82, 2.24) is 24.5 Å². The molecule has 3 heterocycles. The van der Waals surface area contributed by atoms with Gasteiger partial charge in [-0.05, 0) is 27.7 Å². The lowest BCUT2D eigenvalue weighted by Crippen LogP contribution is -2.52. The Morgan fingerprint density at radius 3 is 2.48 bits per heavy atom. The van der Waals surface area contributed by atoms with Crippen LogP contribution in [0.3, 0.4) is 0 Å². The zero-order valence-corrected chi connectivity index (χ0v) is 18.4. The quantitative estimate of drug-likeness (QED) is 0.708. The summed E-state index contributed by atoms with van der Waals surface area (Å²) in [4.78, 5) is 23.9. The van der Waals surface area contributed by atoms with Gasteiger partial charge in [-0.3, -0.25) is 9.30 Å². The van der Waals surface area contributed by atoms with E-state index in [4.69, 9.17) is 4.98 Å². The first kappa shape index (κ1) is 19.9. The molecule has 0 bridgehead atoms. The average molecular weight is 412 g/mol. The van der Waals surface area contributed by atoms with Crippen molar-refractivity contribution in [2.24, 2.45) is 0 Å². The predicted molar refractivity (Wildman–Crippen MR) is 118 cm³/mol. The molecule has 1 fully saturated rings. The van der Waals surface area contributed by atoms with Crippen LogP contribution in [0.1, 0.15) is 30.0 Å². The lowest BCUT2D eigenvalue weighted by atomic mass is 10.1. The number of nitrogens with zero attached hydrogens (tertiary/aromatic N) is 4. The van der Waals surface area contributed by atoms with Gasteiger partial charge in [0.2, 0.25) is 0 Å². The molecular weight excluding hydrogens is 382 g/mol. The smallest absolute Gasteiger partial charge is 0.317 e. The number of carbonyl (C=O) groups is 1. The Morgan fingerprint density at radius 2 is 1.83 bits per heavy atom. The Bertz CT molecular complexity index is 996. The highest BCUT2D eigenvalue weighted by molar-refractivity contribution is 7.17. The summed E-state index contributed by atoms with van der Waals surface area (Å²) in [6.45, 7) is 12.3. The highest BCUT2D eigenvalue weighted by Gasteiger charge is 2.24. The molecule has 0 unspecified atom stereocenters. The molecule has 2 aromatic heterocycles. The van der Waals surface area contributed by atoms with Crippen LogP contribution in [0.5, 0.6) is 0 Å². The molecule has 0 spiro atoms. The molecule has 3 aromatic rings. The number of benzene rings is 1. The minimum atomic E-state index is 0.0418. The molecule has 154 valence electrons. The van der Waals surface area contributed by atoms with Crippen molar-refractivity contribution in [3.63, 3.8) is 0 Å². The van der Waals surface area contributed by atoms with Crippen LogP contribution in [-0.2, 0) is 6.54 Å². The summed E-state index contributed by atoms with van der Waals surface area (Å²) in [5, 5.41) is 2.99. The summed E-state index contributed by atoms with van der Waals surface area (Å²) < 4.78 is 2.24. The summed E-state index contributed by atoms with van der Waals surface area (Å²) >= 11 is 1.73. The van der Waals surface area contributed by atoms with E-state index in [1.807, 2.05) is 18.7 Å². The van der Waals surface area contributed by atoms with Crippen molar-refractivity contribution < 1.29 is 4.79 Å². The Kier molecular flexibility index (Phi) is 5.61. The number of rotatable bonds is 4. The SMILES string of the molecule is Cc1ccc(-c2nc3sc(C)cn3c2CN2CCN(C(=O)NC(C)C)CC2)cc1. The fourth-order valence-corrected chi connectivity index (χ4v) is 4.60. The molecular formula is C22H29N5OS. The van der Waals surface area contributed by atoms with Gasteiger partial charge in [-0.15, -0.1) is 11.3 Å². The highest BCUT2D eigenvalue weighted by Crippen LogP contribution is 2.29. The monoisotopic (exact) mass is 411 g/mol. The Labute approximate surface area is 176 Å². The third-order valence-electron chi connectivity index (χ3n) is 5.31. The number of nitrogens with one attached hydrogen (secondary N) is 1. The van der Waals surface area contributed by atoms with E-state index in [9.17, 15) is 4.79 Å². The third-order valence-corrected chi connectivity index (χ3v) is 6.21. The number of fused-ring (bicyclic) bond motifs is 1. The number of urea groups is 1. The molecule has 0 radical (unpaired) electrons. The number of hydrogen-bond acceptors (Lipinski definition) is 4. The van der Waals surface area contributed by atoms with Gasteiger partial charge < -0.3 is 10.2 Å². The summed E-state index contributed by atoms with van der Waals surface area (Å²) in [6.07, 6.45) is 2.19. The van der Waals surface area contributed by atoms with Crippen LogP contribution in [0.15, 0.2) is 30.5 Å². The van der Waals surface area contributed by atoms with Crippen LogP contribution in [-0.4, -0.2) is 57.4 Å². The molecule has 0 saturated carbocycles. The summed E-state index contributed by atoms with van der Waals surface area (Å²) in [7, 11) is 0. The first-order chi connectivity index (χ1) is 13.9. The fraction of sp³-hybridized carbons (Fsp3) is 0.455. The largest absolute Gasteiger partial charge is 0.336 e. The molecule has 6 nitrogen and oxygen atoms in total. The van der Waals surface area contributed by atoms with E-state index >= 15 is 0 Å². The predicted octanol–water partition coefficient (Wildman–Crippen LogP) is 3.92. The molecule has 1 saturated heterocycles. The van der Waals surface area contributed by atoms with E-state index in [0.717, 1.165) is 48.9 Å². The molecule has 0 aliphatic carbocycles. The number of imidazole rings is 1. The van der Waals surface area contributed by atoms with Gasteiger partial charge in [-0.25, -0.2) is 9.78 Å². The van der Waals surface area contributed by atoms with Crippen molar-refractivity contribution in [2.45, 2.75) is 40.3 Å². The second-order valence-corrected chi connectivity index (χ2v) is 9.35. The lowest BCUT2D eigenvalue weighted by Gasteiger charge is -2.35. The first-order valence-electron chi connectivity index (χ1n) is 10.2. The zero-order chi connectivity index (χ0) is 20.5. The number of aryl methyl sites for hydroxylation is 2. The number of piperazine rings is 1. The minimum Gasteiger partial charge on any atom is -0.336 e. The molecule has 1 N–H and O–H groups in total. The molecule has 7 heteroatoms. The molecule has 29 heavy (non-hydrogen) atoms. The van der Waals surface area contributed by atoms with Crippen molar-refractivity contribution in [3.05, 3.63) is 46.6 Å². The van der Waals surface area contributed by atoms with E-state index in [1.54, 1.807) is 11.3 Å². The maximum atomic E-state index is 12.3. The second-order valence-electron chi connectivity index (χ2n) is 8.13. The normalized spacial score (nSPS) is 15.4. The van der Waals surface area contributed by atoms with Crippen molar-refractivity contribution in [1.29, 1.82) is 0 Å². The Morgan fingerprint density at radius 1 is 1.14 bits per heavy atom. The maximum Gasteiger partial charge on any atom is 0.317 e. The standard InChI is InChI=1S/C22H29N5OS/c1-15(2)23-21(28)26-11-9-25(10-12-26)14-19-20(18-7-5-16(3)6-8-18)24-22-27(19)13-17(4)29-22/h5-8,13,15H,9-12,14H2,1-4H3,(H,23,28). The molecule has 0 atom stereocenters. The fourth-order valence-electron chi connectivity index (χ4n) is 3.75. The number of carbonyl (C=O) groups excluding carboxylic acids is 1. The van der Waals surface area contributed by atoms with Crippen LogP contribution < -0.4 is 5.32 Å². The van der Waals surface area contributed by atoms with E-state index in [1.165, 1.54) is 16.1 Å². The number of aromatic nitrogens is 2. The molecule has 4 rings (SSSR count). The van der Waals surface area contributed by atoms with Gasteiger partial charge in [0.15, 0.2) is 4.96 Å². The Hall–Kier alpha value is -2.38. The average Bonchev–Trinajstić information content (AvgIpc) is 3.19. The number of hydrogen-bond donors (Lipinski definition) is 1. The van der Waals surface area contributed by atoms with E-state index in [2.05, 4.69) is 58.9 Å². The zero-order valence-electron chi connectivity index (χ0n) is 17.6. The highest BCUT2D eigenvalue weighted by atomic mass is 32.1. The molecule has 1 aliphatic rings. The van der Waals surface area contributed by atoms with E-state index in [-0.39, 0.29) is 12.1 Å². The van der Waals surface area contributed by atoms with Gasteiger partial charge in [0.25, 0.3) is 0 Å². The van der Waals surface area contributed by atoms with Crippen LogP contribution in [0.25, 0.3) is 16.2 Å². The topological polar surface area (TPSA) is 52.9 Å². The van der Waals surface area contributed by atoms with Gasteiger partial charge in [-0.2, -0.15) is 0 Å². The van der Waals surface area contributed by atoms with Crippen molar-refractivity contribution in [3.8, 4) is 11.3 Å². The lowest BCUT2D eigenvalue weighted by molar-refractivity contribution is 0.133. The van der Waals surface area contributed by atoms with Gasteiger partial charge in [0.05, 0.1) is 11.4 Å². The van der Waals surface area contributed by atoms with E-state index < -0.39 is 0 Å². The summed E-state index contributed by atoms with van der Waals surface area (Å²) in [5.41, 5.74) is 4.71. The Balaban J connectivity index is 1.54. The van der Waals surface area contributed by atoms with Crippen molar-refractivity contribution >= 4 is 22.3 Å². The van der Waals surface area contributed by atoms with Crippen LogP contribution >= 0.6 is 11.3 Å². The summed E-state index contributed by atoms with van der Waals surface area (Å²) in [6, 6.07) is 8.81. The van der Waals surface area contributed by atoms with Crippen LogP contribution in [0.4, 0.5) is 4.79 Å². The third kappa shape index (κ3) is 4.31. The van der Waals surface area contributed by atoms with Crippen LogP contribution in [0, 0.1) is 13.8 Å². The van der Waals surface area contributed by atoms with E-state index in [0.29, 0.717) is 0 Å². The number of amides is 2. The number of thiazole rings is 1. The molecule has 1 aromatic carbocycles. The molecule has 1 aliphatic heterocycles. The second kappa shape index (κ2) is 8.16. The van der Waals surface area contributed by atoms with Gasteiger partial charge in [0, 0.05) is 55.4 Å². The van der Waals surface area contributed by atoms with Gasteiger partial charge >= 0.3 is 6.03 Å². The van der Waals surface area contributed by atoms with Crippen LogP contribution in [0.2, 0.25) is 0 Å². The minimum absolute atomic E-state index is 0.0418. The van der Waals surface area contributed by atoms with Crippen molar-refractivity contribution in [2.75, 3.05) is 26.2 Å². The first-order valence-corrected chi connectivity index (χ1v) is 11.0. The molecule has 2 amide bonds.